The number of nitrogens with zero attached hydrogens (tertiary/aromatic N) is 4. The van der Waals surface area contributed by atoms with Crippen LogP contribution in [0, 0.1) is 0 Å². The van der Waals surface area contributed by atoms with Crippen LogP contribution in [-0.4, -0.2) is 30.4 Å². The van der Waals surface area contributed by atoms with Crippen LogP contribution in [0.15, 0.2) is 30.7 Å². The van der Waals surface area contributed by atoms with Crippen LogP contribution in [-0.2, 0) is 0 Å². The fraction of sp³-hybridized carbons (Fsp3) is 0. The molecule has 4 N–H and O–H groups in total. The SMILES string of the molecule is Nc1ncnc2n[nH]c(-c3ccc4[nH]ncc4c3)c12. The predicted molar refractivity (Wildman–Crippen MR) is 71.2 cm³/mol. The fourth-order valence-corrected chi connectivity index (χ4v) is 2.19. The van der Waals surface area contributed by atoms with E-state index >= 15 is 0 Å². The van der Waals surface area contributed by atoms with E-state index < -0.39 is 0 Å². The number of hydrogen-bond acceptors (Lipinski definition) is 5. The van der Waals surface area contributed by atoms with Crippen molar-refractivity contribution in [3.05, 3.63) is 30.7 Å². The molecule has 0 aliphatic rings. The molecule has 7 heteroatoms. The summed E-state index contributed by atoms with van der Waals surface area (Å²) in [5.41, 5.74) is 9.24. The summed E-state index contributed by atoms with van der Waals surface area (Å²) in [7, 11) is 0. The van der Waals surface area contributed by atoms with Gasteiger partial charge in [-0.05, 0) is 12.1 Å². The second-order valence-corrected chi connectivity index (χ2v) is 4.23. The molecule has 3 heterocycles. The van der Waals surface area contributed by atoms with Gasteiger partial charge in [0.1, 0.15) is 12.1 Å². The van der Waals surface area contributed by atoms with Gasteiger partial charge in [0, 0.05) is 10.9 Å². The number of aromatic amines is 2. The van der Waals surface area contributed by atoms with Crippen molar-refractivity contribution in [2.45, 2.75) is 0 Å². The third kappa shape index (κ3) is 1.38. The minimum Gasteiger partial charge on any atom is -0.383 e. The monoisotopic (exact) mass is 251 g/mol. The lowest BCUT2D eigenvalue weighted by atomic mass is 10.1. The number of rotatable bonds is 1. The highest BCUT2D eigenvalue weighted by atomic mass is 15.2. The molecule has 0 aliphatic carbocycles. The average Bonchev–Trinajstić information content (AvgIpc) is 3.04. The third-order valence-corrected chi connectivity index (χ3v) is 3.11. The number of anilines is 1. The Morgan fingerprint density at radius 3 is 3.00 bits per heavy atom. The Hall–Kier alpha value is -2.96. The highest BCUT2D eigenvalue weighted by Crippen LogP contribution is 2.29. The van der Waals surface area contributed by atoms with Crippen molar-refractivity contribution in [3.63, 3.8) is 0 Å². The van der Waals surface area contributed by atoms with Crippen molar-refractivity contribution >= 4 is 27.8 Å². The number of nitrogens with two attached hydrogens (primary N) is 1. The summed E-state index contributed by atoms with van der Waals surface area (Å²) in [6.45, 7) is 0. The Bertz CT molecular complexity index is 889. The van der Waals surface area contributed by atoms with Crippen molar-refractivity contribution in [2.75, 3.05) is 5.73 Å². The van der Waals surface area contributed by atoms with Crippen molar-refractivity contribution < 1.29 is 0 Å². The first kappa shape index (κ1) is 10.0. The van der Waals surface area contributed by atoms with Crippen LogP contribution >= 0.6 is 0 Å². The number of hydrogen-bond donors (Lipinski definition) is 3. The molecule has 0 spiro atoms. The van der Waals surface area contributed by atoms with Crippen molar-refractivity contribution in [1.29, 1.82) is 0 Å². The van der Waals surface area contributed by atoms with Gasteiger partial charge in [-0.3, -0.25) is 10.2 Å². The molecular formula is C12H9N7. The Labute approximate surface area is 106 Å². The zero-order chi connectivity index (χ0) is 12.8. The third-order valence-electron chi connectivity index (χ3n) is 3.11. The van der Waals surface area contributed by atoms with Crippen LogP contribution in [0.25, 0.3) is 33.2 Å². The minimum absolute atomic E-state index is 0.418. The minimum atomic E-state index is 0.418. The number of fused-ring (bicyclic) bond motifs is 2. The lowest BCUT2D eigenvalue weighted by molar-refractivity contribution is 1.09. The van der Waals surface area contributed by atoms with E-state index in [4.69, 9.17) is 5.73 Å². The molecule has 0 amide bonds. The lowest BCUT2D eigenvalue weighted by Gasteiger charge is -2.00. The van der Waals surface area contributed by atoms with E-state index in [1.165, 1.54) is 6.33 Å². The van der Waals surface area contributed by atoms with E-state index in [9.17, 15) is 0 Å². The largest absolute Gasteiger partial charge is 0.383 e. The van der Waals surface area contributed by atoms with Gasteiger partial charge >= 0.3 is 0 Å². The summed E-state index contributed by atoms with van der Waals surface area (Å²) in [6, 6.07) is 5.95. The van der Waals surface area contributed by atoms with Crippen LogP contribution < -0.4 is 5.73 Å². The Morgan fingerprint density at radius 1 is 1.11 bits per heavy atom. The molecule has 0 saturated heterocycles. The van der Waals surface area contributed by atoms with Crippen molar-refractivity contribution in [1.82, 2.24) is 30.4 Å². The molecule has 4 rings (SSSR count). The molecule has 7 nitrogen and oxygen atoms in total. The second-order valence-electron chi connectivity index (χ2n) is 4.23. The molecule has 19 heavy (non-hydrogen) atoms. The number of nitrogens with one attached hydrogen (secondary N) is 2. The molecule has 3 aromatic heterocycles. The van der Waals surface area contributed by atoms with Crippen molar-refractivity contribution in [2.24, 2.45) is 0 Å². The maximum absolute atomic E-state index is 5.90. The number of H-pyrrole nitrogens is 2. The topological polar surface area (TPSA) is 109 Å². The van der Waals surface area contributed by atoms with Gasteiger partial charge in [-0.2, -0.15) is 10.2 Å². The Morgan fingerprint density at radius 2 is 2.05 bits per heavy atom. The molecule has 0 unspecified atom stereocenters. The maximum Gasteiger partial charge on any atom is 0.186 e. The molecule has 0 aliphatic heterocycles. The van der Waals surface area contributed by atoms with E-state index in [2.05, 4.69) is 30.4 Å². The quantitative estimate of drug-likeness (QED) is 0.474. The number of aromatic nitrogens is 6. The van der Waals surface area contributed by atoms with Gasteiger partial charge in [0.05, 0.1) is 22.8 Å². The summed E-state index contributed by atoms with van der Waals surface area (Å²) in [6.07, 6.45) is 3.18. The van der Waals surface area contributed by atoms with E-state index in [-0.39, 0.29) is 0 Å². The first-order chi connectivity index (χ1) is 9.33. The zero-order valence-electron chi connectivity index (χ0n) is 9.75. The van der Waals surface area contributed by atoms with E-state index in [0.717, 1.165) is 27.5 Å². The maximum atomic E-state index is 5.90. The predicted octanol–water partition coefficient (Wildman–Crippen LogP) is 1.48. The molecule has 0 saturated carbocycles. The summed E-state index contributed by atoms with van der Waals surface area (Å²) in [5.74, 6) is 0.418. The number of benzene rings is 1. The van der Waals surface area contributed by atoms with Crippen LogP contribution in [0.5, 0.6) is 0 Å². The Balaban J connectivity index is 2.03. The Kier molecular flexibility index (Phi) is 1.85. The highest BCUT2D eigenvalue weighted by molar-refractivity contribution is 5.99. The summed E-state index contributed by atoms with van der Waals surface area (Å²) < 4.78 is 0. The van der Waals surface area contributed by atoms with Gasteiger partial charge in [0.2, 0.25) is 0 Å². The van der Waals surface area contributed by atoms with Crippen LogP contribution in [0.4, 0.5) is 5.82 Å². The molecule has 0 radical (unpaired) electrons. The van der Waals surface area contributed by atoms with Gasteiger partial charge in [0.15, 0.2) is 5.65 Å². The average molecular weight is 251 g/mol. The van der Waals surface area contributed by atoms with E-state index in [0.29, 0.717) is 11.5 Å². The van der Waals surface area contributed by atoms with Crippen LogP contribution in [0.3, 0.4) is 0 Å². The van der Waals surface area contributed by atoms with Gasteiger partial charge in [-0.1, -0.05) is 6.07 Å². The first-order valence-electron chi connectivity index (χ1n) is 5.71. The van der Waals surface area contributed by atoms with Crippen LogP contribution in [0.1, 0.15) is 0 Å². The van der Waals surface area contributed by atoms with E-state index in [1.807, 2.05) is 18.2 Å². The first-order valence-corrected chi connectivity index (χ1v) is 5.71. The highest BCUT2D eigenvalue weighted by Gasteiger charge is 2.12. The second kappa shape index (κ2) is 3.52. The zero-order valence-corrected chi connectivity index (χ0v) is 9.75. The molecule has 0 fully saturated rings. The molecule has 0 bridgehead atoms. The molecular weight excluding hydrogens is 242 g/mol. The van der Waals surface area contributed by atoms with Gasteiger partial charge in [0.25, 0.3) is 0 Å². The standard InChI is InChI=1S/C12H9N7/c13-11-9-10(18-19-12(9)15-5-14-11)6-1-2-8-7(3-6)4-16-17-8/h1-5H,(H,16,17)(H3,13,14,15,18,19). The molecule has 0 atom stereocenters. The smallest absolute Gasteiger partial charge is 0.186 e. The molecule has 92 valence electrons. The van der Waals surface area contributed by atoms with Gasteiger partial charge in [-0.15, -0.1) is 0 Å². The lowest BCUT2D eigenvalue weighted by Crippen LogP contribution is -1.92. The van der Waals surface area contributed by atoms with Crippen LogP contribution in [0.2, 0.25) is 0 Å². The fourth-order valence-electron chi connectivity index (χ4n) is 2.19. The van der Waals surface area contributed by atoms with Crippen molar-refractivity contribution in [3.8, 4) is 11.3 Å². The number of nitrogen functional groups attached to an aromatic ring is 1. The summed E-state index contributed by atoms with van der Waals surface area (Å²) >= 11 is 0. The van der Waals surface area contributed by atoms with Gasteiger partial charge < -0.3 is 5.73 Å². The summed E-state index contributed by atoms with van der Waals surface area (Å²) in [5, 5.41) is 15.8. The molecule has 1 aromatic carbocycles. The summed E-state index contributed by atoms with van der Waals surface area (Å²) in [4.78, 5) is 8.09. The molecule has 4 aromatic rings. The van der Waals surface area contributed by atoms with Gasteiger partial charge in [-0.25, -0.2) is 9.97 Å². The normalized spacial score (nSPS) is 11.4. The van der Waals surface area contributed by atoms with E-state index in [1.54, 1.807) is 6.20 Å².